The largest absolute Gasteiger partial charge is 0.469 e. The van der Waals surface area contributed by atoms with Crippen LogP contribution in [-0.2, 0) is 47.7 Å². The molecule has 0 rings (SSSR count). The molecule has 0 aliphatic carbocycles. The summed E-state index contributed by atoms with van der Waals surface area (Å²) in [5, 5.41) is 28.8. The van der Waals surface area contributed by atoms with Gasteiger partial charge >= 0.3 is 29.8 Å². The Bertz CT molecular complexity index is 988. The smallest absolute Gasteiger partial charge is 0.330 e. The van der Waals surface area contributed by atoms with Gasteiger partial charge in [-0.2, -0.15) is 0 Å². The highest BCUT2D eigenvalue weighted by Crippen LogP contribution is 2.22. The minimum atomic E-state index is -1.06. The number of methoxy groups -OCH3 is 1. The van der Waals surface area contributed by atoms with Crippen molar-refractivity contribution in [3.63, 3.8) is 0 Å². The highest BCUT2D eigenvalue weighted by molar-refractivity contribution is 5.81. The van der Waals surface area contributed by atoms with Gasteiger partial charge in [-0.15, -0.1) is 0 Å². The molecule has 0 bridgehead atoms. The van der Waals surface area contributed by atoms with Gasteiger partial charge in [-0.05, 0) is 67.2 Å². The second-order valence-corrected chi connectivity index (χ2v) is 13.9. The molecule has 0 amide bonds. The third-order valence-electron chi connectivity index (χ3n) is 8.12. The van der Waals surface area contributed by atoms with Crippen LogP contribution in [-0.4, -0.2) is 97.0 Å². The summed E-state index contributed by atoms with van der Waals surface area (Å²) >= 11 is 0. The number of aliphatic hydroxyl groups excluding tert-OH is 3. The van der Waals surface area contributed by atoms with Crippen LogP contribution in [0.3, 0.4) is 0 Å². The predicted molar refractivity (Wildman–Crippen MR) is 190 cm³/mol. The lowest BCUT2D eigenvalue weighted by molar-refractivity contribution is -0.161. The summed E-state index contributed by atoms with van der Waals surface area (Å²) in [5.41, 5.74) is -1.48. The molecule has 0 aromatic carbocycles. The van der Waals surface area contributed by atoms with Crippen molar-refractivity contribution >= 4 is 29.8 Å². The molecule has 0 spiro atoms. The number of aliphatic hydroxyl groups is 3. The molecule has 0 heterocycles. The van der Waals surface area contributed by atoms with Gasteiger partial charge in [0, 0.05) is 6.08 Å². The maximum atomic E-state index is 11.8. The van der Waals surface area contributed by atoms with Crippen molar-refractivity contribution in [2.45, 2.75) is 145 Å². The molecule has 0 aromatic heterocycles. The van der Waals surface area contributed by atoms with E-state index in [4.69, 9.17) is 14.2 Å². The third-order valence-corrected chi connectivity index (χ3v) is 8.12. The second kappa shape index (κ2) is 27.7. The number of rotatable bonds is 22. The molecule has 3 atom stereocenters. The van der Waals surface area contributed by atoms with Gasteiger partial charge in [-0.1, -0.05) is 60.0 Å². The van der Waals surface area contributed by atoms with E-state index in [1.54, 1.807) is 27.7 Å². The van der Waals surface area contributed by atoms with Crippen molar-refractivity contribution < 1.29 is 63.0 Å². The summed E-state index contributed by atoms with van der Waals surface area (Å²) in [6.45, 7) is 21.0. The van der Waals surface area contributed by atoms with Gasteiger partial charge in [-0.3, -0.25) is 19.2 Å². The highest BCUT2D eigenvalue weighted by atomic mass is 16.6. The number of ether oxygens (including phenoxy) is 5. The summed E-state index contributed by atoms with van der Waals surface area (Å²) in [6.07, 6.45) is 4.96. The molecule has 3 unspecified atom stereocenters. The molecule has 13 nitrogen and oxygen atoms in total. The van der Waals surface area contributed by atoms with Crippen LogP contribution in [0.15, 0.2) is 12.7 Å². The van der Waals surface area contributed by atoms with Crippen molar-refractivity contribution in [1.29, 1.82) is 0 Å². The molecule has 0 aliphatic rings. The third kappa shape index (κ3) is 25.9. The van der Waals surface area contributed by atoms with E-state index in [0.717, 1.165) is 38.2 Å². The van der Waals surface area contributed by atoms with Gasteiger partial charge in [0.05, 0.1) is 35.9 Å². The number of hydrogen-bond donors (Lipinski definition) is 3. The monoisotopic (exact) mass is 720 g/mol. The zero-order valence-corrected chi connectivity index (χ0v) is 32.6. The minimum Gasteiger partial charge on any atom is -0.469 e. The average Bonchev–Trinajstić information content (AvgIpc) is 3.09. The Hall–Kier alpha value is -3.03. The molecule has 3 N–H and O–H groups in total. The van der Waals surface area contributed by atoms with E-state index in [1.165, 1.54) is 7.11 Å². The Morgan fingerprint density at radius 1 is 0.600 bits per heavy atom. The molecule has 0 aromatic rings. The van der Waals surface area contributed by atoms with Crippen LogP contribution in [0.4, 0.5) is 0 Å². The van der Waals surface area contributed by atoms with Crippen LogP contribution < -0.4 is 0 Å². The summed E-state index contributed by atoms with van der Waals surface area (Å²) in [5.74, 6) is -2.08. The molecular weight excluding hydrogens is 652 g/mol. The fourth-order valence-corrected chi connectivity index (χ4v) is 3.13. The summed E-state index contributed by atoms with van der Waals surface area (Å²) in [7, 11) is 1.42. The number of esters is 5. The molecule has 0 saturated heterocycles. The lowest BCUT2D eigenvalue weighted by Crippen LogP contribution is -2.31. The first-order valence-electron chi connectivity index (χ1n) is 17.5. The molecule has 0 saturated carbocycles. The van der Waals surface area contributed by atoms with Crippen molar-refractivity contribution in [3.8, 4) is 0 Å². The van der Waals surface area contributed by atoms with Crippen LogP contribution in [0.1, 0.15) is 127 Å². The molecular formula is C37H68O13. The maximum Gasteiger partial charge on any atom is 0.330 e. The van der Waals surface area contributed by atoms with E-state index in [9.17, 15) is 39.3 Å². The summed E-state index contributed by atoms with van der Waals surface area (Å²) in [6, 6.07) is 0. The van der Waals surface area contributed by atoms with Crippen LogP contribution in [0.25, 0.3) is 0 Å². The lowest BCUT2D eigenvalue weighted by atomic mass is 9.91. The molecule has 0 fully saturated rings. The minimum absolute atomic E-state index is 0.0818. The van der Waals surface area contributed by atoms with E-state index >= 15 is 0 Å². The van der Waals surface area contributed by atoms with E-state index in [0.29, 0.717) is 19.3 Å². The summed E-state index contributed by atoms with van der Waals surface area (Å²) < 4.78 is 24.0. The predicted octanol–water partition coefficient (Wildman–Crippen LogP) is 5.24. The van der Waals surface area contributed by atoms with Gasteiger partial charge in [0.1, 0.15) is 38.6 Å². The van der Waals surface area contributed by atoms with Crippen molar-refractivity contribution in [1.82, 2.24) is 0 Å². The first-order chi connectivity index (χ1) is 23.1. The van der Waals surface area contributed by atoms with Gasteiger partial charge in [-0.25, -0.2) is 4.79 Å². The molecule has 294 valence electrons. The Kier molecular flexibility index (Phi) is 28.4. The van der Waals surface area contributed by atoms with Crippen LogP contribution in [0.5, 0.6) is 0 Å². The van der Waals surface area contributed by atoms with Crippen LogP contribution in [0.2, 0.25) is 0 Å². The van der Waals surface area contributed by atoms with Crippen molar-refractivity contribution in [3.05, 3.63) is 12.7 Å². The van der Waals surface area contributed by atoms with Gasteiger partial charge < -0.3 is 39.0 Å². The number of unbranched alkanes of at least 4 members (excludes halogenated alkanes) is 3. The quantitative estimate of drug-likeness (QED) is 0.0570. The highest BCUT2D eigenvalue weighted by Gasteiger charge is 2.29. The van der Waals surface area contributed by atoms with Gasteiger partial charge in [0.2, 0.25) is 0 Å². The molecule has 0 aliphatic heterocycles. The fraction of sp³-hybridized carbons (Fsp3) is 0.811. The topological polar surface area (TPSA) is 192 Å². The first-order valence-corrected chi connectivity index (χ1v) is 17.5. The maximum absolute atomic E-state index is 11.8. The van der Waals surface area contributed by atoms with Crippen LogP contribution >= 0.6 is 0 Å². The Morgan fingerprint density at radius 2 is 1.00 bits per heavy atom. The van der Waals surface area contributed by atoms with E-state index in [2.05, 4.69) is 23.0 Å². The number of hydrogen-bond acceptors (Lipinski definition) is 13. The Labute approximate surface area is 300 Å². The SMILES string of the molecule is C=CC(=O)OCC(O)COC(=O)C(C)(C)CC.CCC(C)(C)C(=O)OC.CCCCCCC(O)CC(=O)OCC(O)COC(=O)C(C)(C)CC. The Morgan fingerprint density at radius 3 is 1.36 bits per heavy atom. The number of carbonyl (C=O) groups excluding carboxylic acids is 5. The average molecular weight is 721 g/mol. The molecule has 0 radical (unpaired) electrons. The standard InChI is InChI=1S/C18H34O6.C12H20O5.C7H14O2/c1-5-7-8-9-10-14(19)11-16(21)23-12-15(20)13-24-17(22)18(3,4)6-2;1-5-10(14)16-7-9(13)8-17-11(15)12(3,4)6-2;1-5-7(2,3)6(8)9-4/h14-15,19-20H,5-13H2,1-4H3;5,9,13H,1,6-8H2,2-4H3;5H2,1-4H3. The van der Waals surface area contributed by atoms with Crippen LogP contribution in [0, 0.1) is 16.2 Å². The van der Waals surface area contributed by atoms with E-state index in [-0.39, 0.29) is 50.2 Å². The lowest BCUT2D eigenvalue weighted by Gasteiger charge is -2.21. The van der Waals surface area contributed by atoms with E-state index < -0.39 is 47.0 Å². The van der Waals surface area contributed by atoms with E-state index in [1.807, 2.05) is 34.6 Å². The zero-order chi connectivity index (χ0) is 39.6. The number of carbonyl (C=O) groups is 5. The van der Waals surface area contributed by atoms with Gasteiger partial charge in [0.25, 0.3) is 0 Å². The fourth-order valence-electron chi connectivity index (χ4n) is 3.13. The van der Waals surface area contributed by atoms with Crippen molar-refractivity contribution in [2.24, 2.45) is 16.2 Å². The second-order valence-electron chi connectivity index (χ2n) is 13.9. The first kappa shape index (κ1) is 51.3. The Balaban J connectivity index is -0.000000735. The van der Waals surface area contributed by atoms with Gasteiger partial charge in [0.15, 0.2) is 0 Å². The molecule has 50 heavy (non-hydrogen) atoms. The summed E-state index contributed by atoms with van der Waals surface area (Å²) in [4.78, 5) is 56.4. The van der Waals surface area contributed by atoms with Crippen molar-refractivity contribution in [2.75, 3.05) is 33.5 Å². The zero-order valence-electron chi connectivity index (χ0n) is 32.6. The normalized spacial score (nSPS) is 13.1. The molecule has 13 heteroatoms.